The van der Waals surface area contributed by atoms with Crippen molar-refractivity contribution in [2.24, 2.45) is 0 Å². The van der Waals surface area contributed by atoms with Crippen LogP contribution < -0.4 is 5.32 Å². The van der Waals surface area contributed by atoms with E-state index in [1.807, 2.05) is 31.4 Å². The molecule has 4 rings (SSSR count). The Morgan fingerprint density at radius 1 is 1.32 bits per heavy atom. The number of nitrogens with one attached hydrogen (secondary N) is 1. The number of nitrogens with zero attached hydrogens (tertiary/aromatic N) is 3. The van der Waals surface area contributed by atoms with Crippen molar-refractivity contribution in [2.45, 2.75) is 55.8 Å². The van der Waals surface area contributed by atoms with Crippen LogP contribution in [0.3, 0.4) is 0 Å². The van der Waals surface area contributed by atoms with Gasteiger partial charge >= 0.3 is 0 Å². The number of aromatic nitrogens is 3. The highest BCUT2D eigenvalue weighted by molar-refractivity contribution is 8.00. The van der Waals surface area contributed by atoms with E-state index < -0.39 is 0 Å². The van der Waals surface area contributed by atoms with Crippen molar-refractivity contribution in [3.8, 4) is 10.7 Å². The fraction of sp³-hybridized carbons (Fsp3) is 0.409. The molecule has 0 spiro atoms. The van der Waals surface area contributed by atoms with E-state index in [1.54, 1.807) is 23.5 Å². The molecule has 1 fully saturated rings. The van der Waals surface area contributed by atoms with Gasteiger partial charge in [-0.1, -0.05) is 30.0 Å². The van der Waals surface area contributed by atoms with E-state index in [4.69, 9.17) is 4.74 Å². The zero-order valence-corrected chi connectivity index (χ0v) is 19.1. The SMILES string of the molecule is CC(Sc1nnc(-c2cccs2)n1CC1CCCO1)C(=O)NC(C)c1ccc(F)cc1. The summed E-state index contributed by atoms with van der Waals surface area (Å²) in [5.74, 6) is 0.407. The topological polar surface area (TPSA) is 69.0 Å². The molecule has 1 N–H and O–H groups in total. The summed E-state index contributed by atoms with van der Waals surface area (Å²) in [6.45, 7) is 5.19. The molecule has 0 bridgehead atoms. The summed E-state index contributed by atoms with van der Waals surface area (Å²) in [5.41, 5.74) is 0.855. The average molecular weight is 461 g/mol. The number of carbonyl (C=O) groups excluding carboxylic acids is 1. The van der Waals surface area contributed by atoms with Crippen LogP contribution in [0.2, 0.25) is 0 Å². The number of ether oxygens (including phenoxy) is 1. The second-order valence-corrected chi connectivity index (χ2v) is 9.83. The number of hydrogen-bond donors (Lipinski definition) is 1. The van der Waals surface area contributed by atoms with Crippen molar-refractivity contribution in [3.63, 3.8) is 0 Å². The molecule has 3 heterocycles. The third kappa shape index (κ3) is 5.34. The first-order chi connectivity index (χ1) is 15.0. The number of hydrogen-bond acceptors (Lipinski definition) is 6. The number of rotatable bonds is 8. The summed E-state index contributed by atoms with van der Waals surface area (Å²) in [7, 11) is 0. The van der Waals surface area contributed by atoms with Crippen molar-refractivity contribution in [3.05, 3.63) is 53.2 Å². The molecule has 6 nitrogen and oxygen atoms in total. The van der Waals surface area contributed by atoms with Crippen LogP contribution >= 0.6 is 23.1 Å². The van der Waals surface area contributed by atoms with E-state index in [0.717, 1.165) is 35.7 Å². The maximum atomic E-state index is 13.2. The minimum absolute atomic E-state index is 0.105. The van der Waals surface area contributed by atoms with E-state index in [0.29, 0.717) is 11.7 Å². The van der Waals surface area contributed by atoms with Crippen molar-refractivity contribution in [1.82, 2.24) is 20.1 Å². The van der Waals surface area contributed by atoms with Gasteiger partial charge in [0, 0.05) is 6.61 Å². The Labute approximate surface area is 189 Å². The maximum absolute atomic E-state index is 13.2. The predicted octanol–water partition coefficient (Wildman–Crippen LogP) is 4.68. The fourth-order valence-electron chi connectivity index (χ4n) is 3.50. The Morgan fingerprint density at radius 2 is 2.13 bits per heavy atom. The lowest BCUT2D eigenvalue weighted by molar-refractivity contribution is -0.120. The summed E-state index contributed by atoms with van der Waals surface area (Å²) in [5, 5.41) is 14.1. The molecule has 0 radical (unpaired) electrons. The quantitative estimate of drug-likeness (QED) is 0.494. The number of halogens is 1. The molecular weight excluding hydrogens is 435 g/mol. The van der Waals surface area contributed by atoms with Gasteiger partial charge in [0.25, 0.3) is 0 Å². The van der Waals surface area contributed by atoms with Gasteiger partial charge < -0.3 is 10.1 Å². The largest absolute Gasteiger partial charge is 0.376 e. The van der Waals surface area contributed by atoms with Gasteiger partial charge in [0.1, 0.15) is 5.82 Å². The highest BCUT2D eigenvalue weighted by atomic mass is 32.2. The van der Waals surface area contributed by atoms with E-state index in [1.165, 1.54) is 23.9 Å². The zero-order valence-electron chi connectivity index (χ0n) is 17.5. The number of benzene rings is 1. The molecule has 31 heavy (non-hydrogen) atoms. The lowest BCUT2D eigenvalue weighted by Gasteiger charge is -2.19. The first-order valence-electron chi connectivity index (χ1n) is 10.3. The third-order valence-corrected chi connectivity index (χ3v) is 7.20. The van der Waals surface area contributed by atoms with E-state index in [2.05, 4.69) is 20.1 Å². The van der Waals surface area contributed by atoms with Crippen LogP contribution in [0.1, 0.15) is 38.3 Å². The van der Waals surface area contributed by atoms with E-state index >= 15 is 0 Å². The van der Waals surface area contributed by atoms with Crippen LogP contribution in [0.15, 0.2) is 46.9 Å². The van der Waals surface area contributed by atoms with E-state index in [9.17, 15) is 9.18 Å². The Bertz CT molecular complexity index is 1000. The molecule has 9 heteroatoms. The molecule has 1 aliphatic heterocycles. The van der Waals surface area contributed by atoms with Gasteiger partial charge in [-0.3, -0.25) is 9.36 Å². The standard InChI is InChI=1S/C22H25FN4O2S2/c1-14(16-7-9-17(23)10-8-16)24-21(28)15(2)31-22-26-25-20(19-6-4-12-30-19)27(22)13-18-5-3-11-29-18/h4,6-10,12,14-15,18H,3,5,11,13H2,1-2H3,(H,24,28). The van der Waals surface area contributed by atoms with Crippen LogP contribution in [-0.2, 0) is 16.1 Å². The average Bonchev–Trinajstić information content (AvgIpc) is 3.52. The number of thiophene rings is 1. The monoisotopic (exact) mass is 460 g/mol. The van der Waals surface area contributed by atoms with Crippen LogP contribution in [0.5, 0.6) is 0 Å². The first kappa shape index (κ1) is 22.0. The molecule has 1 saturated heterocycles. The van der Waals surface area contributed by atoms with Crippen LogP contribution in [0.25, 0.3) is 10.7 Å². The molecule has 2 aromatic heterocycles. The molecule has 3 aromatic rings. The van der Waals surface area contributed by atoms with Gasteiger partial charge in [0.2, 0.25) is 5.91 Å². The van der Waals surface area contributed by atoms with Gasteiger partial charge in [0.05, 0.1) is 28.8 Å². The third-order valence-electron chi connectivity index (χ3n) is 5.25. The van der Waals surface area contributed by atoms with E-state index in [-0.39, 0.29) is 29.1 Å². The molecule has 0 saturated carbocycles. The molecule has 1 aliphatic rings. The van der Waals surface area contributed by atoms with Crippen LogP contribution in [0.4, 0.5) is 4.39 Å². The van der Waals surface area contributed by atoms with Gasteiger partial charge in [0.15, 0.2) is 11.0 Å². The second-order valence-electron chi connectivity index (χ2n) is 7.57. The summed E-state index contributed by atoms with van der Waals surface area (Å²) in [4.78, 5) is 13.8. The molecule has 0 aliphatic carbocycles. The highest BCUT2D eigenvalue weighted by Gasteiger charge is 2.25. The number of amides is 1. The second kappa shape index (κ2) is 9.93. The fourth-order valence-corrected chi connectivity index (χ4v) is 5.08. The zero-order chi connectivity index (χ0) is 21.8. The molecule has 3 atom stereocenters. The lowest BCUT2D eigenvalue weighted by Crippen LogP contribution is -2.33. The Hall–Kier alpha value is -2.23. The summed E-state index contributed by atoms with van der Waals surface area (Å²) < 4.78 is 21.1. The van der Waals surface area contributed by atoms with Gasteiger partial charge in [-0.05, 0) is 55.8 Å². The minimum Gasteiger partial charge on any atom is -0.376 e. The van der Waals surface area contributed by atoms with Crippen molar-refractivity contribution in [1.29, 1.82) is 0 Å². The van der Waals surface area contributed by atoms with Gasteiger partial charge in [-0.25, -0.2) is 4.39 Å². The molecule has 1 aromatic carbocycles. The summed E-state index contributed by atoms with van der Waals surface area (Å²) in [6, 6.07) is 9.96. The molecule has 1 amide bonds. The number of thioether (sulfide) groups is 1. The predicted molar refractivity (Wildman–Crippen MR) is 121 cm³/mol. The lowest BCUT2D eigenvalue weighted by atomic mass is 10.1. The molecular formula is C22H25FN4O2S2. The van der Waals surface area contributed by atoms with Crippen molar-refractivity contribution < 1.29 is 13.9 Å². The van der Waals surface area contributed by atoms with Crippen LogP contribution in [0, 0.1) is 5.82 Å². The maximum Gasteiger partial charge on any atom is 0.233 e. The Balaban J connectivity index is 1.47. The minimum atomic E-state index is -0.369. The molecule has 3 unspecified atom stereocenters. The van der Waals surface area contributed by atoms with Crippen molar-refractivity contribution >= 4 is 29.0 Å². The Morgan fingerprint density at radius 3 is 2.81 bits per heavy atom. The van der Waals surface area contributed by atoms with Gasteiger partial charge in [-0.2, -0.15) is 0 Å². The summed E-state index contributed by atoms with van der Waals surface area (Å²) in [6.07, 6.45) is 2.21. The molecule has 164 valence electrons. The van der Waals surface area contributed by atoms with Gasteiger partial charge in [-0.15, -0.1) is 21.5 Å². The van der Waals surface area contributed by atoms with Crippen molar-refractivity contribution in [2.75, 3.05) is 6.61 Å². The Kier molecular flexibility index (Phi) is 7.04. The smallest absolute Gasteiger partial charge is 0.233 e. The highest BCUT2D eigenvalue weighted by Crippen LogP contribution is 2.31. The first-order valence-corrected chi connectivity index (χ1v) is 12.1. The normalized spacial score (nSPS) is 18.1. The number of carbonyl (C=O) groups is 1. The summed E-state index contributed by atoms with van der Waals surface area (Å²) >= 11 is 3.00. The van der Waals surface area contributed by atoms with Crippen LogP contribution in [-0.4, -0.2) is 38.6 Å².